The molecular weight excluding hydrogens is 236 g/mol. The van der Waals surface area contributed by atoms with Crippen molar-refractivity contribution in [2.75, 3.05) is 0 Å². The van der Waals surface area contributed by atoms with E-state index in [1.165, 1.54) is 56.9 Å². The zero-order chi connectivity index (χ0) is 12.8. The molecule has 0 unspecified atom stereocenters. The first-order valence-corrected chi connectivity index (χ1v) is 8.03. The van der Waals surface area contributed by atoms with Crippen molar-refractivity contribution >= 4 is 12.6 Å². The molecular formula is C17H26S. The van der Waals surface area contributed by atoms with Crippen molar-refractivity contribution in [3.63, 3.8) is 0 Å². The molecule has 1 heteroatoms. The van der Waals surface area contributed by atoms with Crippen molar-refractivity contribution in [2.45, 2.75) is 69.1 Å². The lowest BCUT2D eigenvalue weighted by molar-refractivity contribution is 0.303. The van der Waals surface area contributed by atoms with Crippen LogP contribution < -0.4 is 0 Å². The predicted molar refractivity (Wildman–Crippen MR) is 82.5 cm³/mol. The van der Waals surface area contributed by atoms with Gasteiger partial charge in [-0.3, -0.25) is 0 Å². The number of rotatable bonds is 5. The predicted octanol–water partition coefficient (Wildman–Crippen LogP) is 5.83. The van der Waals surface area contributed by atoms with Gasteiger partial charge in [-0.25, -0.2) is 0 Å². The maximum absolute atomic E-state index is 4.36. The summed E-state index contributed by atoms with van der Waals surface area (Å²) in [6, 6.07) is 8.80. The monoisotopic (exact) mass is 262 g/mol. The molecule has 0 N–H and O–H groups in total. The molecule has 2 rings (SSSR count). The Bertz CT molecular complexity index is 333. The minimum atomic E-state index is 0.807. The second-order valence-electron chi connectivity index (χ2n) is 5.80. The van der Waals surface area contributed by atoms with Crippen molar-refractivity contribution in [1.29, 1.82) is 0 Å². The first-order chi connectivity index (χ1) is 8.79. The molecule has 1 aliphatic carbocycles. The molecule has 1 aromatic rings. The van der Waals surface area contributed by atoms with Crippen LogP contribution in [0.15, 0.2) is 29.2 Å². The van der Waals surface area contributed by atoms with Gasteiger partial charge in [-0.15, -0.1) is 12.6 Å². The maximum atomic E-state index is 4.36. The van der Waals surface area contributed by atoms with Crippen LogP contribution in [0, 0.1) is 5.92 Å². The van der Waals surface area contributed by atoms with E-state index in [2.05, 4.69) is 43.8 Å². The molecule has 0 nitrogen and oxygen atoms in total. The molecule has 100 valence electrons. The quantitative estimate of drug-likeness (QED) is 0.501. The first kappa shape index (κ1) is 14.0. The maximum Gasteiger partial charge on any atom is 0.00401 e. The van der Waals surface area contributed by atoms with Crippen molar-refractivity contribution in [3.05, 3.63) is 29.8 Å². The fourth-order valence-electron chi connectivity index (χ4n) is 3.21. The zero-order valence-electron chi connectivity index (χ0n) is 11.6. The van der Waals surface area contributed by atoms with E-state index in [1.54, 1.807) is 0 Å². The SMILES string of the molecule is CCCCCC1CCC(c2ccc(S)cc2)CC1. The van der Waals surface area contributed by atoms with E-state index >= 15 is 0 Å². The minimum absolute atomic E-state index is 0.807. The van der Waals surface area contributed by atoms with Crippen LogP contribution in [0.1, 0.15) is 69.8 Å². The molecule has 1 aromatic carbocycles. The van der Waals surface area contributed by atoms with E-state index in [4.69, 9.17) is 0 Å². The summed E-state index contributed by atoms with van der Waals surface area (Å²) < 4.78 is 0. The molecule has 1 aliphatic rings. The van der Waals surface area contributed by atoms with E-state index in [1.807, 2.05) is 0 Å². The number of unbranched alkanes of at least 4 members (excludes halogenated alkanes) is 2. The Labute approximate surface area is 118 Å². The van der Waals surface area contributed by atoms with Crippen LogP contribution in [0.5, 0.6) is 0 Å². The Morgan fingerprint density at radius 3 is 2.28 bits per heavy atom. The molecule has 1 saturated carbocycles. The number of benzene rings is 1. The molecule has 0 bridgehead atoms. The van der Waals surface area contributed by atoms with Crippen LogP contribution in [0.25, 0.3) is 0 Å². The number of hydrogen-bond acceptors (Lipinski definition) is 1. The van der Waals surface area contributed by atoms with Gasteiger partial charge in [-0.05, 0) is 55.2 Å². The highest BCUT2D eigenvalue weighted by molar-refractivity contribution is 7.80. The standard InChI is InChI=1S/C17H26S/c1-2-3-4-5-14-6-8-15(9-7-14)16-10-12-17(18)13-11-16/h10-15,18H,2-9H2,1H3. The lowest BCUT2D eigenvalue weighted by atomic mass is 9.77. The first-order valence-electron chi connectivity index (χ1n) is 7.58. The third kappa shape index (κ3) is 4.05. The average molecular weight is 262 g/mol. The summed E-state index contributed by atoms with van der Waals surface area (Å²) in [7, 11) is 0. The highest BCUT2D eigenvalue weighted by Crippen LogP contribution is 2.37. The summed E-state index contributed by atoms with van der Waals surface area (Å²) in [5.41, 5.74) is 1.53. The molecule has 0 aromatic heterocycles. The van der Waals surface area contributed by atoms with Crippen LogP contribution >= 0.6 is 12.6 Å². The van der Waals surface area contributed by atoms with Gasteiger partial charge in [0.05, 0.1) is 0 Å². The van der Waals surface area contributed by atoms with Gasteiger partial charge in [-0.2, -0.15) is 0 Å². The summed E-state index contributed by atoms with van der Waals surface area (Å²) in [6.45, 7) is 2.29. The summed E-state index contributed by atoms with van der Waals surface area (Å²) in [5.74, 6) is 1.82. The highest BCUT2D eigenvalue weighted by Gasteiger charge is 2.21. The Morgan fingerprint density at radius 1 is 1.00 bits per heavy atom. The second-order valence-corrected chi connectivity index (χ2v) is 6.32. The Morgan fingerprint density at radius 2 is 1.67 bits per heavy atom. The van der Waals surface area contributed by atoms with Crippen LogP contribution in [0.4, 0.5) is 0 Å². The normalized spacial score (nSPS) is 24.1. The summed E-state index contributed by atoms with van der Waals surface area (Å²) in [6.07, 6.45) is 11.4. The molecule has 18 heavy (non-hydrogen) atoms. The topological polar surface area (TPSA) is 0 Å². The smallest absolute Gasteiger partial charge is 0.00401 e. The van der Waals surface area contributed by atoms with E-state index in [0.717, 1.165) is 16.7 Å². The third-order valence-electron chi connectivity index (χ3n) is 4.43. The molecule has 0 amide bonds. The lowest BCUT2D eigenvalue weighted by Gasteiger charge is -2.29. The lowest BCUT2D eigenvalue weighted by Crippen LogP contribution is -2.13. The zero-order valence-corrected chi connectivity index (χ0v) is 12.5. The molecule has 0 saturated heterocycles. The fraction of sp³-hybridized carbons (Fsp3) is 0.647. The van der Waals surface area contributed by atoms with Gasteiger partial charge in [-0.1, -0.05) is 44.7 Å². The Hall–Kier alpha value is -0.430. The third-order valence-corrected chi connectivity index (χ3v) is 4.73. The average Bonchev–Trinajstić information content (AvgIpc) is 2.41. The minimum Gasteiger partial charge on any atom is -0.143 e. The van der Waals surface area contributed by atoms with Crippen LogP contribution in [0.2, 0.25) is 0 Å². The summed E-state index contributed by atoms with van der Waals surface area (Å²) in [5, 5.41) is 0. The summed E-state index contributed by atoms with van der Waals surface area (Å²) in [4.78, 5) is 1.08. The van der Waals surface area contributed by atoms with Crippen LogP contribution in [-0.2, 0) is 0 Å². The van der Waals surface area contributed by atoms with Gasteiger partial charge in [0.2, 0.25) is 0 Å². The molecule has 0 spiro atoms. The van der Waals surface area contributed by atoms with Crippen molar-refractivity contribution in [3.8, 4) is 0 Å². The Kier molecular flexibility index (Phi) is 5.62. The Balaban J connectivity index is 1.77. The van der Waals surface area contributed by atoms with E-state index in [9.17, 15) is 0 Å². The molecule has 0 radical (unpaired) electrons. The number of hydrogen-bond donors (Lipinski definition) is 1. The van der Waals surface area contributed by atoms with Crippen molar-refractivity contribution < 1.29 is 0 Å². The van der Waals surface area contributed by atoms with Gasteiger partial charge in [0, 0.05) is 4.90 Å². The molecule has 1 fully saturated rings. The second kappa shape index (κ2) is 7.23. The van der Waals surface area contributed by atoms with E-state index in [0.29, 0.717) is 0 Å². The van der Waals surface area contributed by atoms with E-state index in [-0.39, 0.29) is 0 Å². The highest BCUT2D eigenvalue weighted by atomic mass is 32.1. The largest absolute Gasteiger partial charge is 0.143 e. The van der Waals surface area contributed by atoms with Crippen molar-refractivity contribution in [2.24, 2.45) is 5.92 Å². The molecule has 0 aliphatic heterocycles. The van der Waals surface area contributed by atoms with Crippen LogP contribution in [0.3, 0.4) is 0 Å². The van der Waals surface area contributed by atoms with Crippen molar-refractivity contribution in [1.82, 2.24) is 0 Å². The van der Waals surface area contributed by atoms with Gasteiger partial charge >= 0.3 is 0 Å². The van der Waals surface area contributed by atoms with Gasteiger partial charge in [0.1, 0.15) is 0 Å². The van der Waals surface area contributed by atoms with Gasteiger partial charge < -0.3 is 0 Å². The number of thiol groups is 1. The van der Waals surface area contributed by atoms with Gasteiger partial charge in [0.25, 0.3) is 0 Å². The van der Waals surface area contributed by atoms with E-state index < -0.39 is 0 Å². The summed E-state index contributed by atoms with van der Waals surface area (Å²) >= 11 is 4.36. The molecule has 0 heterocycles. The van der Waals surface area contributed by atoms with Gasteiger partial charge in [0.15, 0.2) is 0 Å². The molecule has 0 atom stereocenters. The fourth-order valence-corrected chi connectivity index (χ4v) is 3.36. The van der Waals surface area contributed by atoms with Crippen LogP contribution in [-0.4, -0.2) is 0 Å².